The summed E-state index contributed by atoms with van der Waals surface area (Å²) in [5, 5.41) is 9.80. The number of hydrogen-bond donors (Lipinski definition) is 2. The molecule has 1 aliphatic rings. The molecule has 0 aromatic carbocycles. The van der Waals surface area contributed by atoms with Crippen LogP contribution >= 0.6 is 0 Å². The molecule has 0 radical (unpaired) electrons. The second kappa shape index (κ2) is 2.28. The van der Waals surface area contributed by atoms with Crippen LogP contribution < -0.4 is 5.32 Å². The molecule has 11 heavy (non-hydrogen) atoms. The number of rotatable bonds is 1. The van der Waals surface area contributed by atoms with E-state index in [1.54, 1.807) is 5.32 Å². The van der Waals surface area contributed by atoms with Crippen molar-refractivity contribution in [2.45, 2.75) is 18.6 Å². The maximum absolute atomic E-state index is 11.7. The zero-order chi connectivity index (χ0) is 8.65. The molecule has 0 aliphatic heterocycles. The smallest absolute Gasteiger partial charge is 0.404 e. The molecule has 0 unspecified atom stereocenters. The summed E-state index contributed by atoms with van der Waals surface area (Å²) in [6, 6.07) is -0.924. The second-order valence-electron chi connectivity index (χ2n) is 2.44. The third kappa shape index (κ3) is 1.99. The minimum atomic E-state index is -4.26. The summed E-state index contributed by atoms with van der Waals surface area (Å²) in [5.41, 5.74) is 0. The molecule has 1 amide bonds. The van der Waals surface area contributed by atoms with Gasteiger partial charge in [0.1, 0.15) is 0 Å². The first-order valence-electron chi connectivity index (χ1n) is 2.97. The fourth-order valence-electron chi connectivity index (χ4n) is 0.875. The van der Waals surface area contributed by atoms with Crippen molar-refractivity contribution in [1.29, 1.82) is 0 Å². The van der Waals surface area contributed by atoms with E-state index in [-0.39, 0.29) is 6.42 Å². The van der Waals surface area contributed by atoms with Crippen LogP contribution in [0.5, 0.6) is 0 Å². The lowest BCUT2D eigenvalue weighted by Gasteiger charge is -2.03. The summed E-state index contributed by atoms with van der Waals surface area (Å²) >= 11 is 0. The number of carboxylic acid groups (broad SMARTS) is 1. The quantitative estimate of drug-likeness (QED) is 0.619. The van der Waals surface area contributed by atoms with Gasteiger partial charge in [-0.1, -0.05) is 0 Å². The average Bonchev–Trinajstić information content (AvgIpc) is 2.40. The largest absolute Gasteiger partial charge is 0.465 e. The van der Waals surface area contributed by atoms with Crippen molar-refractivity contribution in [2.24, 2.45) is 5.92 Å². The molecule has 3 nitrogen and oxygen atoms in total. The van der Waals surface area contributed by atoms with E-state index < -0.39 is 24.2 Å². The number of hydrogen-bond acceptors (Lipinski definition) is 1. The van der Waals surface area contributed by atoms with E-state index in [1.165, 1.54) is 0 Å². The van der Waals surface area contributed by atoms with Crippen molar-refractivity contribution < 1.29 is 23.1 Å². The van der Waals surface area contributed by atoms with Crippen LogP contribution in [0, 0.1) is 5.92 Å². The van der Waals surface area contributed by atoms with Gasteiger partial charge in [-0.15, -0.1) is 0 Å². The first kappa shape index (κ1) is 8.16. The van der Waals surface area contributed by atoms with Crippen molar-refractivity contribution in [3.63, 3.8) is 0 Å². The zero-order valence-electron chi connectivity index (χ0n) is 5.35. The van der Waals surface area contributed by atoms with E-state index in [2.05, 4.69) is 0 Å². The number of nitrogens with one attached hydrogen (secondary N) is 1. The molecule has 6 heteroatoms. The number of halogens is 3. The van der Waals surface area contributed by atoms with Crippen LogP contribution in [-0.4, -0.2) is 23.4 Å². The molecular weight excluding hydrogens is 163 g/mol. The standard InChI is InChI=1S/C5H6F3NO2/c6-5(7,8)2-1-3(2)9-4(10)11/h2-3,9H,1H2,(H,10,11)/t2-,3-/m1/s1. The van der Waals surface area contributed by atoms with Crippen LogP contribution in [-0.2, 0) is 0 Å². The normalized spacial score (nSPS) is 29.7. The molecule has 2 N–H and O–H groups in total. The van der Waals surface area contributed by atoms with Crippen LogP contribution in [0.15, 0.2) is 0 Å². The van der Waals surface area contributed by atoms with E-state index in [1.807, 2.05) is 0 Å². The second-order valence-corrected chi connectivity index (χ2v) is 2.44. The monoisotopic (exact) mass is 169 g/mol. The van der Waals surface area contributed by atoms with Crippen LogP contribution in [0.3, 0.4) is 0 Å². The third-order valence-corrected chi connectivity index (χ3v) is 1.52. The van der Waals surface area contributed by atoms with Crippen LogP contribution in [0.1, 0.15) is 6.42 Å². The Morgan fingerprint density at radius 1 is 1.55 bits per heavy atom. The molecule has 0 saturated heterocycles. The lowest BCUT2D eigenvalue weighted by atomic mass is 10.4. The highest BCUT2D eigenvalue weighted by molar-refractivity contribution is 5.65. The van der Waals surface area contributed by atoms with E-state index in [9.17, 15) is 18.0 Å². The fourth-order valence-corrected chi connectivity index (χ4v) is 0.875. The summed E-state index contributed by atoms with van der Waals surface area (Å²) in [5.74, 6) is -1.47. The number of alkyl halides is 3. The van der Waals surface area contributed by atoms with Gasteiger partial charge < -0.3 is 10.4 Å². The molecule has 1 fully saturated rings. The maximum Gasteiger partial charge on any atom is 0.404 e. The van der Waals surface area contributed by atoms with Gasteiger partial charge in [-0.3, -0.25) is 0 Å². The Morgan fingerprint density at radius 2 is 2.09 bits per heavy atom. The summed E-state index contributed by atoms with van der Waals surface area (Å²) < 4.78 is 35.1. The fraction of sp³-hybridized carbons (Fsp3) is 0.800. The molecule has 0 heterocycles. The molecule has 1 aliphatic carbocycles. The lowest BCUT2D eigenvalue weighted by molar-refractivity contribution is -0.148. The Bertz CT molecular complexity index is 179. The Balaban J connectivity index is 2.32. The predicted molar refractivity (Wildman–Crippen MR) is 29.1 cm³/mol. The Kier molecular flexibility index (Phi) is 1.69. The minimum absolute atomic E-state index is 0.129. The molecule has 2 atom stereocenters. The van der Waals surface area contributed by atoms with Crippen LogP contribution in [0.4, 0.5) is 18.0 Å². The highest BCUT2D eigenvalue weighted by Crippen LogP contribution is 2.44. The van der Waals surface area contributed by atoms with E-state index in [0.717, 1.165) is 0 Å². The molecule has 64 valence electrons. The summed E-state index contributed by atoms with van der Waals surface area (Å²) in [6.07, 6.45) is -5.79. The first-order chi connectivity index (χ1) is 4.91. The Hall–Kier alpha value is -0.940. The van der Waals surface area contributed by atoms with Gasteiger partial charge in [-0.05, 0) is 6.42 Å². The molecule has 0 bridgehead atoms. The molecule has 0 aromatic rings. The average molecular weight is 169 g/mol. The van der Waals surface area contributed by atoms with Crippen LogP contribution in [0.2, 0.25) is 0 Å². The van der Waals surface area contributed by atoms with Gasteiger partial charge >= 0.3 is 12.3 Å². The molecular formula is C5H6F3NO2. The molecule has 0 spiro atoms. The van der Waals surface area contributed by atoms with E-state index >= 15 is 0 Å². The molecule has 1 saturated carbocycles. The minimum Gasteiger partial charge on any atom is -0.465 e. The zero-order valence-corrected chi connectivity index (χ0v) is 5.35. The lowest BCUT2D eigenvalue weighted by Crippen LogP contribution is -2.28. The molecule has 0 aromatic heterocycles. The highest BCUT2D eigenvalue weighted by atomic mass is 19.4. The van der Waals surface area contributed by atoms with Crippen molar-refractivity contribution in [2.75, 3.05) is 0 Å². The predicted octanol–water partition coefficient (Wildman–Crippen LogP) is 1.20. The van der Waals surface area contributed by atoms with Crippen molar-refractivity contribution >= 4 is 6.09 Å². The Morgan fingerprint density at radius 3 is 2.36 bits per heavy atom. The highest BCUT2D eigenvalue weighted by Gasteiger charge is 2.56. The number of amides is 1. The van der Waals surface area contributed by atoms with E-state index in [0.29, 0.717) is 0 Å². The van der Waals surface area contributed by atoms with Gasteiger partial charge in [0.15, 0.2) is 0 Å². The summed E-state index contributed by atoms with van der Waals surface area (Å²) in [6.45, 7) is 0. The van der Waals surface area contributed by atoms with Crippen molar-refractivity contribution in [3.8, 4) is 0 Å². The first-order valence-corrected chi connectivity index (χ1v) is 2.97. The maximum atomic E-state index is 11.7. The Labute approximate surface area is 60.2 Å². The number of carbonyl (C=O) groups is 1. The third-order valence-electron chi connectivity index (χ3n) is 1.52. The van der Waals surface area contributed by atoms with Crippen molar-refractivity contribution in [3.05, 3.63) is 0 Å². The van der Waals surface area contributed by atoms with Gasteiger partial charge in [0.25, 0.3) is 0 Å². The topological polar surface area (TPSA) is 49.3 Å². The summed E-state index contributed by atoms with van der Waals surface area (Å²) in [4.78, 5) is 9.84. The van der Waals surface area contributed by atoms with Gasteiger partial charge in [0.2, 0.25) is 0 Å². The van der Waals surface area contributed by atoms with Crippen LogP contribution in [0.25, 0.3) is 0 Å². The molecule has 1 rings (SSSR count). The van der Waals surface area contributed by atoms with E-state index in [4.69, 9.17) is 5.11 Å². The van der Waals surface area contributed by atoms with Gasteiger partial charge in [0, 0.05) is 6.04 Å². The van der Waals surface area contributed by atoms with Gasteiger partial charge in [-0.25, -0.2) is 4.79 Å². The van der Waals surface area contributed by atoms with Gasteiger partial charge in [-0.2, -0.15) is 13.2 Å². The van der Waals surface area contributed by atoms with Crippen molar-refractivity contribution in [1.82, 2.24) is 5.32 Å². The summed E-state index contributed by atoms with van der Waals surface area (Å²) in [7, 11) is 0. The SMILES string of the molecule is O=C(O)N[C@@H]1C[C@H]1C(F)(F)F. The van der Waals surface area contributed by atoms with Gasteiger partial charge in [0.05, 0.1) is 5.92 Å².